The average molecular weight is 291 g/mol. The number of aliphatic carboxylic acids is 1. The first-order valence-corrected chi connectivity index (χ1v) is 5.51. The predicted molar refractivity (Wildman–Crippen MR) is 62.1 cm³/mol. The van der Waals surface area contributed by atoms with Crippen LogP contribution in [-0.2, 0) is 16.1 Å². The Labute approximate surface area is 112 Å². The molecule has 0 aliphatic rings. The summed E-state index contributed by atoms with van der Waals surface area (Å²) in [6.07, 6.45) is -4.95. The van der Waals surface area contributed by atoms with E-state index in [2.05, 4.69) is 4.74 Å². The average Bonchev–Trinajstić information content (AvgIpc) is 2.43. The molecule has 0 radical (unpaired) electrons. The molecule has 2 N–H and O–H groups in total. The smallest absolute Gasteiger partial charge is 0.407 e. The predicted octanol–water partition coefficient (Wildman–Crippen LogP) is 1.97. The highest BCUT2D eigenvalue weighted by atomic mass is 19.3. The normalized spacial score (nSPS) is 13.6. The highest BCUT2D eigenvalue weighted by molar-refractivity contribution is 5.79. The van der Waals surface area contributed by atoms with E-state index in [0.29, 0.717) is 5.56 Å². The molecule has 0 spiro atoms. The summed E-state index contributed by atoms with van der Waals surface area (Å²) in [5.74, 6) is -2.35. The molecule has 0 heterocycles. The van der Waals surface area contributed by atoms with Crippen LogP contribution in [0.5, 0.6) is 0 Å². The zero-order valence-corrected chi connectivity index (χ0v) is 10.2. The number of alkyl halides is 3. The maximum Gasteiger partial charge on any atom is 0.407 e. The molecule has 0 fully saturated rings. The minimum absolute atomic E-state index is 0.145. The number of carboxylic acid groups (broad SMARTS) is 1. The molecule has 0 aliphatic carbocycles. The summed E-state index contributed by atoms with van der Waals surface area (Å²) in [5, 5.41) is 10.0. The van der Waals surface area contributed by atoms with Gasteiger partial charge in [-0.3, -0.25) is 0 Å². The second-order valence-corrected chi connectivity index (χ2v) is 3.88. The summed E-state index contributed by atoms with van der Waals surface area (Å²) in [4.78, 5) is 21.6. The van der Waals surface area contributed by atoms with Crippen LogP contribution < -0.4 is 5.32 Å². The third-order valence-corrected chi connectivity index (χ3v) is 2.40. The first-order chi connectivity index (χ1) is 9.36. The van der Waals surface area contributed by atoms with Gasteiger partial charge in [-0.1, -0.05) is 30.3 Å². The lowest BCUT2D eigenvalue weighted by Crippen LogP contribution is -2.50. The van der Waals surface area contributed by atoms with Gasteiger partial charge in [-0.2, -0.15) is 0 Å². The second-order valence-electron chi connectivity index (χ2n) is 3.88. The molecule has 1 unspecified atom stereocenters. The van der Waals surface area contributed by atoms with Gasteiger partial charge in [0, 0.05) is 0 Å². The van der Waals surface area contributed by atoms with Gasteiger partial charge in [0.2, 0.25) is 0 Å². The molecule has 1 atom stereocenters. The Morgan fingerprint density at radius 1 is 1.30 bits per heavy atom. The first kappa shape index (κ1) is 15.8. The van der Waals surface area contributed by atoms with Crippen molar-refractivity contribution in [1.82, 2.24) is 5.32 Å². The Morgan fingerprint density at radius 3 is 2.40 bits per heavy atom. The van der Waals surface area contributed by atoms with Crippen LogP contribution in [-0.4, -0.2) is 35.8 Å². The van der Waals surface area contributed by atoms with Crippen LogP contribution in [0.1, 0.15) is 5.56 Å². The van der Waals surface area contributed by atoms with Crippen LogP contribution in [0, 0.1) is 0 Å². The van der Waals surface area contributed by atoms with Gasteiger partial charge in [-0.25, -0.2) is 22.8 Å². The van der Waals surface area contributed by atoms with E-state index in [1.165, 1.54) is 0 Å². The number of nitrogens with one attached hydrogen (secondary N) is 1. The number of alkyl carbamates (subject to hydrolysis) is 1. The van der Waals surface area contributed by atoms with Crippen molar-refractivity contribution in [1.29, 1.82) is 0 Å². The number of hydrogen-bond donors (Lipinski definition) is 2. The van der Waals surface area contributed by atoms with Crippen molar-refractivity contribution in [3.63, 3.8) is 0 Å². The second kappa shape index (κ2) is 6.78. The molecule has 1 aromatic rings. The molecular formula is C12H12F3NO4. The van der Waals surface area contributed by atoms with E-state index < -0.39 is 30.7 Å². The van der Waals surface area contributed by atoms with Crippen LogP contribution in [0.3, 0.4) is 0 Å². The lowest BCUT2D eigenvalue weighted by atomic mass is 10.1. The molecule has 1 amide bonds. The molecule has 0 aliphatic heterocycles. The van der Waals surface area contributed by atoms with E-state index in [0.717, 1.165) is 0 Å². The highest BCUT2D eigenvalue weighted by Crippen LogP contribution is 2.20. The number of benzene rings is 1. The maximum absolute atomic E-state index is 13.3. The van der Waals surface area contributed by atoms with Gasteiger partial charge in [-0.15, -0.1) is 0 Å². The molecule has 110 valence electrons. The monoisotopic (exact) mass is 291 g/mol. The van der Waals surface area contributed by atoms with Gasteiger partial charge in [-0.05, 0) is 5.56 Å². The Bertz CT molecular complexity index is 469. The molecule has 0 saturated heterocycles. The van der Waals surface area contributed by atoms with E-state index in [9.17, 15) is 22.8 Å². The number of ether oxygens (including phenoxy) is 1. The van der Waals surface area contributed by atoms with E-state index in [1.54, 1.807) is 35.6 Å². The Kier molecular flexibility index (Phi) is 5.36. The summed E-state index contributed by atoms with van der Waals surface area (Å²) in [5.41, 5.74) is -3.20. The molecule has 1 aromatic carbocycles. The molecule has 0 saturated carbocycles. The molecule has 20 heavy (non-hydrogen) atoms. The lowest BCUT2D eigenvalue weighted by molar-refractivity contribution is -0.161. The third kappa shape index (κ3) is 4.15. The van der Waals surface area contributed by atoms with Crippen molar-refractivity contribution >= 4 is 12.1 Å². The van der Waals surface area contributed by atoms with Gasteiger partial charge >= 0.3 is 12.1 Å². The fourth-order valence-electron chi connectivity index (χ4n) is 1.22. The highest BCUT2D eigenvalue weighted by Gasteiger charge is 2.49. The number of rotatable bonds is 6. The van der Waals surface area contributed by atoms with Crippen molar-refractivity contribution < 1.29 is 32.6 Å². The van der Waals surface area contributed by atoms with E-state index in [1.807, 2.05) is 0 Å². The molecule has 8 heteroatoms. The van der Waals surface area contributed by atoms with Gasteiger partial charge in [0.25, 0.3) is 12.1 Å². The summed E-state index contributed by atoms with van der Waals surface area (Å²) in [7, 11) is 0. The molecular weight excluding hydrogens is 279 g/mol. The van der Waals surface area contributed by atoms with Crippen molar-refractivity contribution in [3.8, 4) is 0 Å². The van der Waals surface area contributed by atoms with E-state index in [4.69, 9.17) is 5.11 Å². The van der Waals surface area contributed by atoms with Gasteiger partial charge < -0.3 is 15.2 Å². The summed E-state index contributed by atoms with van der Waals surface area (Å²) in [6.45, 7) is -1.53. The summed E-state index contributed by atoms with van der Waals surface area (Å²) >= 11 is 0. The minimum Gasteiger partial charge on any atom is -0.479 e. The Morgan fingerprint density at radius 2 is 1.90 bits per heavy atom. The third-order valence-electron chi connectivity index (χ3n) is 2.40. The maximum atomic E-state index is 13.3. The van der Waals surface area contributed by atoms with E-state index in [-0.39, 0.29) is 6.61 Å². The quantitative estimate of drug-likeness (QED) is 0.840. The Hall–Kier alpha value is -2.25. The zero-order chi connectivity index (χ0) is 15.2. The Balaban J connectivity index is 2.45. The fraction of sp³-hybridized carbons (Fsp3) is 0.333. The van der Waals surface area contributed by atoms with Crippen LogP contribution in [0.2, 0.25) is 0 Å². The van der Waals surface area contributed by atoms with E-state index >= 15 is 0 Å². The zero-order valence-electron chi connectivity index (χ0n) is 10.2. The van der Waals surface area contributed by atoms with Crippen molar-refractivity contribution in [3.05, 3.63) is 35.9 Å². The van der Waals surface area contributed by atoms with Gasteiger partial charge in [0.15, 0.2) is 0 Å². The number of carbonyl (C=O) groups is 2. The first-order valence-electron chi connectivity index (χ1n) is 5.51. The number of hydrogen-bond acceptors (Lipinski definition) is 3. The molecule has 0 bridgehead atoms. The molecule has 0 aromatic heterocycles. The van der Waals surface area contributed by atoms with Crippen molar-refractivity contribution in [2.24, 2.45) is 0 Å². The number of amides is 1. The largest absolute Gasteiger partial charge is 0.479 e. The van der Waals surface area contributed by atoms with Crippen molar-refractivity contribution in [2.45, 2.75) is 18.7 Å². The van der Waals surface area contributed by atoms with Crippen molar-refractivity contribution in [2.75, 3.05) is 6.54 Å². The fourth-order valence-corrected chi connectivity index (χ4v) is 1.22. The SMILES string of the molecule is O=C(NCC(F)(C(=O)O)C(F)F)OCc1ccccc1. The number of halogens is 3. The van der Waals surface area contributed by atoms with Gasteiger partial charge in [0.1, 0.15) is 6.61 Å². The standard InChI is InChI=1S/C12H12F3NO4/c13-9(14)12(15,10(17)18)7-16-11(19)20-6-8-4-2-1-3-5-8/h1-5,9H,6-7H2,(H,16,19)(H,17,18). The molecule has 5 nitrogen and oxygen atoms in total. The molecule has 1 rings (SSSR count). The summed E-state index contributed by atoms with van der Waals surface area (Å²) < 4.78 is 42.5. The van der Waals surface area contributed by atoms with Crippen LogP contribution >= 0.6 is 0 Å². The lowest BCUT2D eigenvalue weighted by Gasteiger charge is -2.19. The van der Waals surface area contributed by atoms with Crippen LogP contribution in [0.25, 0.3) is 0 Å². The number of carboxylic acids is 1. The number of carbonyl (C=O) groups excluding carboxylic acids is 1. The van der Waals surface area contributed by atoms with Gasteiger partial charge in [0.05, 0.1) is 6.54 Å². The summed E-state index contributed by atoms with van der Waals surface area (Å²) in [6, 6.07) is 8.46. The minimum atomic E-state index is -3.84. The van der Waals surface area contributed by atoms with Crippen LogP contribution in [0.4, 0.5) is 18.0 Å². The van der Waals surface area contributed by atoms with Crippen LogP contribution in [0.15, 0.2) is 30.3 Å². The topological polar surface area (TPSA) is 75.6 Å².